The predicted molar refractivity (Wildman–Crippen MR) is 55.2 cm³/mol. The Balaban J connectivity index is 3.48. The molecule has 0 spiro atoms. The molecule has 3 N–H and O–H groups in total. The Morgan fingerprint density at radius 3 is 2.73 bits per heavy atom. The van der Waals surface area contributed by atoms with Gasteiger partial charge in [0.1, 0.15) is 11.3 Å². The molecule has 5 heteroatoms. The van der Waals surface area contributed by atoms with Crippen LogP contribution in [0.15, 0.2) is 28.1 Å². The van der Waals surface area contributed by atoms with Gasteiger partial charge in [0, 0.05) is 11.6 Å². The van der Waals surface area contributed by atoms with Crippen LogP contribution in [0.5, 0.6) is 0 Å². The van der Waals surface area contributed by atoms with Gasteiger partial charge in [0.2, 0.25) is 0 Å². The Morgan fingerprint density at radius 2 is 2.27 bits per heavy atom. The summed E-state index contributed by atoms with van der Waals surface area (Å²) < 4.78 is 4.76. The maximum atomic E-state index is 11.2. The van der Waals surface area contributed by atoms with Gasteiger partial charge >= 0.3 is 5.63 Å². The Morgan fingerprint density at radius 1 is 1.60 bits per heavy atom. The average Bonchev–Trinajstić information content (AvgIpc) is 2.18. The van der Waals surface area contributed by atoms with Gasteiger partial charge in [0.15, 0.2) is 0 Å². The second kappa shape index (κ2) is 4.28. The minimum Gasteiger partial charge on any atom is -0.515 e. The molecule has 0 bridgehead atoms. The monoisotopic (exact) mass is 207 g/mol. The molecule has 1 aromatic rings. The zero-order valence-electron chi connectivity index (χ0n) is 7.77. The molecule has 0 radical (unpaired) electrons. The summed E-state index contributed by atoms with van der Waals surface area (Å²) in [6.45, 7) is 3.47. The molecule has 0 saturated carbocycles. The second-order valence-electron chi connectivity index (χ2n) is 2.65. The highest BCUT2D eigenvalue weighted by molar-refractivity contribution is 5.93. The number of hydrogen-bond donors (Lipinski definition) is 2. The van der Waals surface area contributed by atoms with E-state index >= 15 is 0 Å². The van der Waals surface area contributed by atoms with Crippen molar-refractivity contribution in [3.05, 3.63) is 46.2 Å². The highest BCUT2D eigenvalue weighted by Crippen LogP contribution is 2.11. The van der Waals surface area contributed by atoms with Crippen molar-refractivity contribution in [1.29, 1.82) is 0 Å². The van der Waals surface area contributed by atoms with Gasteiger partial charge in [-0.3, -0.25) is 4.79 Å². The maximum absolute atomic E-state index is 11.2. The number of primary amides is 1. The largest absolute Gasteiger partial charge is 0.515 e. The van der Waals surface area contributed by atoms with Crippen LogP contribution in [-0.2, 0) is 0 Å². The van der Waals surface area contributed by atoms with E-state index in [2.05, 4.69) is 6.58 Å². The SMILES string of the molecule is C=Cc1cc(C(N)=O)c(=O)oc1/C=C/O. The molecule has 1 rings (SSSR count). The molecule has 0 aliphatic heterocycles. The van der Waals surface area contributed by atoms with Crippen molar-refractivity contribution in [2.75, 3.05) is 0 Å². The first-order valence-electron chi connectivity index (χ1n) is 4.01. The Labute approximate surface area is 85.1 Å². The highest BCUT2D eigenvalue weighted by atomic mass is 16.4. The summed E-state index contributed by atoms with van der Waals surface area (Å²) in [7, 11) is 0. The van der Waals surface area contributed by atoms with Crippen molar-refractivity contribution in [3.8, 4) is 0 Å². The van der Waals surface area contributed by atoms with E-state index in [1.807, 2.05) is 0 Å². The van der Waals surface area contributed by atoms with E-state index in [9.17, 15) is 9.59 Å². The first-order chi connectivity index (χ1) is 7.10. The Kier molecular flexibility index (Phi) is 3.07. The number of hydrogen-bond acceptors (Lipinski definition) is 4. The molecule has 1 amide bonds. The van der Waals surface area contributed by atoms with Crippen LogP contribution in [0.3, 0.4) is 0 Å². The lowest BCUT2D eigenvalue weighted by Crippen LogP contribution is -2.21. The molecule has 1 aromatic heterocycles. The van der Waals surface area contributed by atoms with Crippen LogP contribution in [0.4, 0.5) is 0 Å². The van der Waals surface area contributed by atoms with Gasteiger partial charge in [0.05, 0.1) is 6.26 Å². The van der Waals surface area contributed by atoms with Gasteiger partial charge in [0.25, 0.3) is 5.91 Å². The van der Waals surface area contributed by atoms with E-state index in [1.165, 1.54) is 18.2 Å². The van der Waals surface area contributed by atoms with Gasteiger partial charge < -0.3 is 15.3 Å². The first-order valence-corrected chi connectivity index (χ1v) is 4.01. The topological polar surface area (TPSA) is 93.5 Å². The van der Waals surface area contributed by atoms with Crippen molar-refractivity contribution in [1.82, 2.24) is 0 Å². The molecule has 0 aliphatic carbocycles. The Hall–Kier alpha value is -2.30. The number of rotatable bonds is 3. The summed E-state index contributed by atoms with van der Waals surface area (Å²) in [4.78, 5) is 22.0. The highest BCUT2D eigenvalue weighted by Gasteiger charge is 2.11. The van der Waals surface area contributed by atoms with Crippen molar-refractivity contribution in [2.24, 2.45) is 5.73 Å². The number of aliphatic hydroxyl groups is 1. The fraction of sp³-hybridized carbons (Fsp3) is 0. The van der Waals surface area contributed by atoms with E-state index in [4.69, 9.17) is 15.3 Å². The molecular weight excluding hydrogens is 198 g/mol. The van der Waals surface area contributed by atoms with Crippen LogP contribution in [0, 0.1) is 0 Å². The van der Waals surface area contributed by atoms with Gasteiger partial charge in [-0.1, -0.05) is 12.7 Å². The molecule has 0 atom stereocenters. The maximum Gasteiger partial charge on any atom is 0.349 e. The standard InChI is InChI=1S/C10H9NO4/c1-2-6-5-7(9(11)13)10(14)15-8(6)3-4-12/h2-5,12H,1H2,(H2,11,13)/b4-3+. The molecule has 0 aromatic carbocycles. The number of carbonyl (C=O) groups excluding carboxylic acids is 1. The fourth-order valence-electron chi connectivity index (χ4n) is 1.03. The van der Waals surface area contributed by atoms with Gasteiger partial charge in [-0.15, -0.1) is 0 Å². The van der Waals surface area contributed by atoms with Crippen molar-refractivity contribution in [2.45, 2.75) is 0 Å². The van der Waals surface area contributed by atoms with Crippen LogP contribution >= 0.6 is 0 Å². The van der Waals surface area contributed by atoms with E-state index in [1.54, 1.807) is 0 Å². The van der Waals surface area contributed by atoms with Gasteiger partial charge in [-0.25, -0.2) is 4.79 Å². The van der Waals surface area contributed by atoms with Crippen LogP contribution in [0.1, 0.15) is 21.7 Å². The lowest BCUT2D eigenvalue weighted by Gasteiger charge is -2.00. The third kappa shape index (κ3) is 2.14. The fourth-order valence-corrected chi connectivity index (χ4v) is 1.03. The number of nitrogens with two attached hydrogens (primary N) is 1. The lowest BCUT2D eigenvalue weighted by molar-refractivity contribution is 0.0996. The van der Waals surface area contributed by atoms with Crippen LogP contribution in [0.2, 0.25) is 0 Å². The van der Waals surface area contributed by atoms with E-state index in [-0.39, 0.29) is 11.3 Å². The van der Waals surface area contributed by atoms with E-state index < -0.39 is 11.5 Å². The van der Waals surface area contributed by atoms with Crippen LogP contribution in [-0.4, -0.2) is 11.0 Å². The van der Waals surface area contributed by atoms with E-state index in [0.29, 0.717) is 5.56 Å². The number of amides is 1. The number of carbonyl (C=O) groups is 1. The van der Waals surface area contributed by atoms with Crippen molar-refractivity contribution >= 4 is 18.1 Å². The molecule has 0 aliphatic rings. The lowest BCUT2D eigenvalue weighted by atomic mass is 10.1. The second-order valence-corrected chi connectivity index (χ2v) is 2.65. The zero-order chi connectivity index (χ0) is 11.4. The number of aliphatic hydroxyl groups excluding tert-OH is 1. The first kappa shape index (κ1) is 10.8. The third-order valence-corrected chi connectivity index (χ3v) is 1.72. The summed E-state index contributed by atoms with van der Waals surface area (Å²) >= 11 is 0. The molecule has 0 saturated heterocycles. The average molecular weight is 207 g/mol. The molecule has 1 heterocycles. The summed E-state index contributed by atoms with van der Waals surface area (Å²) in [5, 5.41) is 8.54. The molecule has 0 unspecified atom stereocenters. The quantitative estimate of drug-likeness (QED) is 0.720. The summed E-state index contributed by atoms with van der Waals surface area (Å²) in [6.07, 6.45) is 3.27. The minimum atomic E-state index is -0.869. The van der Waals surface area contributed by atoms with Gasteiger partial charge in [-0.05, 0) is 6.07 Å². The Bertz CT molecular complexity index is 485. The van der Waals surface area contributed by atoms with Crippen molar-refractivity contribution < 1.29 is 14.3 Å². The summed E-state index contributed by atoms with van der Waals surface area (Å²) in [5.74, 6) is -0.756. The molecule has 78 valence electrons. The third-order valence-electron chi connectivity index (χ3n) is 1.72. The van der Waals surface area contributed by atoms with Gasteiger partial charge in [-0.2, -0.15) is 0 Å². The van der Waals surface area contributed by atoms with Crippen molar-refractivity contribution in [3.63, 3.8) is 0 Å². The molecular formula is C10H9NO4. The molecule has 0 fully saturated rings. The normalized spacial score (nSPS) is 10.4. The summed E-state index contributed by atoms with van der Waals surface area (Å²) in [5.41, 5.74) is 4.26. The predicted octanol–water partition coefficient (Wildman–Crippen LogP) is 0.910. The molecule has 15 heavy (non-hydrogen) atoms. The molecule has 5 nitrogen and oxygen atoms in total. The van der Waals surface area contributed by atoms with Crippen LogP contribution < -0.4 is 11.4 Å². The smallest absolute Gasteiger partial charge is 0.349 e. The van der Waals surface area contributed by atoms with Crippen LogP contribution in [0.25, 0.3) is 12.2 Å². The minimum absolute atomic E-state index is 0.113. The summed E-state index contributed by atoms with van der Waals surface area (Å²) in [6, 6.07) is 1.26. The zero-order valence-corrected chi connectivity index (χ0v) is 7.77. The van der Waals surface area contributed by atoms with E-state index in [0.717, 1.165) is 6.26 Å².